The Bertz CT molecular complexity index is 2090. The van der Waals surface area contributed by atoms with Crippen molar-refractivity contribution in [3.63, 3.8) is 0 Å². The number of nitrogens with zero attached hydrogens (tertiary/aromatic N) is 6. The van der Waals surface area contributed by atoms with Crippen molar-refractivity contribution in [2.75, 3.05) is 60.9 Å². The molecule has 0 spiro atoms. The summed E-state index contributed by atoms with van der Waals surface area (Å²) in [6, 6.07) is 15.3. The van der Waals surface area contributed by atoms with Crippen LogP contribution in [0, 0.1) is 23.2 Å². The molecular formula is C41H43ClN8O6. The molecule has 1 aliphatic carbocycles. The number of imide groups is 2. The molecule has 5 heterocycles. The highest BCUT2D eigenvalue weighted by atomic mass is 35.5. The van der Waals surface area contributed by atoms with Gasteiger partial charge in [0.05, 0.1) is 39.7 Å². The number of ether oxygens (including phenoxy) is 1. The molecule has 1 aromatic heterocycles. The second-order valence-corrected chi connectivity index (χ2v) is 15.7. The van der Waals surface area contributed by atoms with Gasteiger partial charge < -0.3 is 19.9 Å². The molecule has 8 rings (SSSR count). The third-order valence-corrected chi connectivity index (χ3v) is 12.1. The molecule has 5 amide bonds. The minimum Gasteiger partial charge on any atom is -0.490 e. The van der Waals surface area contributed by atoms with E-state index in [0.717, 1.165) is 87.9 Å². The van der Waals surface area contributed by atoms with Crippen LogP contribution in [-0.2, 0) is 14.4 Å². The van der Waals surface area contributed by atoms with E-state index >= 15 is 0 Å². The summed E-state index contributed by atoms with van der Waals surface area (Å²) in [4.78, 5) is 76.2. The Morgan fingerprint density at radius 2 is 1.68 bits per heavy atom. The summed E-state index contributed by atoms with van der Waals surface area (Å²) in [6.07, 6.45) is 6.07. The number of carbonyl (C=O) groups is 5. The van der Waals surface area contributed by atoms with Crippen LogP contribution in [0.4, 0.5) is 17.2 Å². The molecule has 2 aromatic carbocycles. The maximum absolute atomic E-state index is 13.3. The van der Waals surface area contributed by atoms with E-state index in [1.807, 2.05) is 24.3 Å². The molecule has 0 radical (unpaired) electrons. The average molecular weight is 779 g/mol. The largest absolute Gasteiger partial charge is 0.490 e. The lowest BCUT2D eigenvalue weighted by atomic mass is 9.96. The van der Waals surface area contributed by atoms with Crippen molar-refractivity contribution < 1.29 is 28.7 Å². The first kappa shape index (κ1) is 37.4. The topological polar surface area (TPSA) is 168 Å². The van der Waals surface area contributed by atoms with Crippen LogP contribution in [0.2, 0.25) is 5.02 Å². The molecular weight excluding hydrogens is 736 g/mol. The van der Waals surface area contributed by atoms with E-state index in [0.29, 0.717) is 45.5 Å². The predicted molar refractivity (Wildman–Crippen MR) is 207 cm³/mol. The number of fused-ring (bicyclic) bond motifs is 1. The first-order valence-electron chi connectivity index (χ1n) is 19.3. The number of rotatable bonds is 9. The van der Waals surface area contributed by atoms with Crippen molar-refractivity contribution in [2.45, 2.75) is 57.1 Å². The van der Waals surface area contributed by atoms with Gasteiger partial charge in [-0.05, 0) is 86.9 Å². The third kappa shape index (κ3) is 7.79. The Hall–Kier alpha value is -5.52. The molecule has 14 nitrogen and oxygen atoms in total. The van der Waals surface area contributed by atoms with E-state index in [4.69, 9.17) is 21.6 Å². The smallest absolute Gasteiger partial charge is 0.262 e. The Morgan fingerprint density at radius 1 is 0.893 bits per heavy atom. The highest BCUT2D eigenvalue weighted by Gasteiger charge is 2.45. The van der Waals surface area contributed by atoms with E-state index in [1.165, 1.54) is 0 Å². The number of nitrogens with one attached hydrogen (secondary N) is 2. The lowest BCUT2D eigenvalue weighted by Gasteiger charge is -2.40. The van der Waals surface area contributed by atoms with Gasteiger partial charge in [0, 0.05) is 69.9 Å². The van der Waals surface area contributed by atoms with E-state index in [-0.39, 0.29) is 30.8 Å². The van der Waals surface area contributed by atoms with Crippen molar-refractivity contribution in [3.8, 4) is 11.8 Å². The minimum absolute atomic E-state index is 0.0394. The third-order valence-electron chi connectivity index (χ3n) is 11.8. The standard InChI is InChI=1S/C41H43ClN8O6/c42-34-21-31(6-2-27(34)22-43)56-30-5-1-26(19-30)38(52)45-28-3-9-36(44-23-28)49-13-11-25(12-14-49)24-47-15-17-48(18-16-47)29-4-7-32-33(20-29)41(55)50(40(32)54)35-8-10-37(51)46-39(35)53/h2-4,6-7,9,20-21,23,25-26,30,35H,1,5,8,10-19,24H2,(H,45,52)(H,46,51,53). The van der Waals surface area contributed by atoms with Crippen molar-refractivity contribution in [3.05, 3.63) is 76.4 Å². The normalized spacial score (nSPS) is 23.2. The Labute approximate surface area is 329 Å². The van der Waals surface area contributed by atoms with Crippen LogP contribution in [0.5, 0.6) is 5.75 Å². The van der Waals surface area contributed by atoms with Crippen molar-refractivity contribution in [2.24, 2.45) is 11.8 Å². The highest BCUT2D eigenvalue weighted by molar-refractivity contribution is 6.31. The van der Waals surface area contributed by atoms with Gasteiger partial charge in [-0.3, -0.25) is 39.1 Å². The molecule has 15 heteroatoms. The number of amides is 5. The number of piperidine rings is 2. The maximum atomic E-state index is 13.3. The van der Waals surface area contributed by atoms with Crippen LogP contribution in [0.3, 0.4) is 0 Å². The maximum Gasteiger partial charge on any atom is 0.262 e. The summed E-state index contributed by atoms with van der Waals surface area (Å²) in [5.41, 5.74) is 2.55. The number of anilines is 3. The fourth-order valence-corrected chi connectivity index (χ4v) is 8.80. The van der Waals surface area contributed by atoms with Crippen LogP contribution in [0.15, 0.2) is 54.7 Å². The van der Waals surface area contributed by atoms with E-state index in [9.17, 15) is 24.0 Å². The number of benzene rings is 2. The molecule has 0 bridgehead atoms. The molecule has 4 fully saturated rings. The molecule has 3 atom stereocenters. The van der Waals surface area contributed by atoms with Gasteiger partial charge >= 0.3 is 0 Å². The lowest BCUT2D eigenvalue weighted by molar-refractivity contribution is -0.136. The summed E-state index contributed by atoms with van der Waals surface area (Å²) in [6.45, 7) is 6.22. The molecule has 5 aliphatic rings. The van der Waals surface area contributed by atoms with Crippen LogP contribution in [0.1, 0.15) is 71.2 Å². The summed E-state index contributed by atoms with van der Waals surface area (Å²) in [5, 5.41) is 14.7. The zero-order valence-corrected chi connectivity index (χ0v) is 31.7. The van der Waals surface area contributed by atoms with Crippen molar-refractivity contribution in [1.29, 1.82) is 5.26 Å². The second kappa shape index (κ2) is 15.9. The number of nitriles is 1. The van der Waals surface area contributed by atoms with Gasteiger partial charge in [0.1, 0.15) is 23.7 Å². The number of aromatic nitrogens is 1. The zero-order valence-electron chi connectivity index (χ0n) is 30.9. The molecule has 3 aromatic rings. The van der Waals surface area contributed by atoms with Crippen molar-refractivity contribution in [1.82, 2.24) is 20.1 Å². The Kier molecular flexibility index (Phi) is 10.6. The number of halogens is 1. The molecule has 4 aliphatic heterocycles. The highest BCUT2D eigenvalue weighted by Crippen LogP contribution is 2.34. The molecule has 290 valence electrons. The van der Waals surface area contributed by atoms with E-state index in [1.54, 1.807) is 36.5 Å². The summed E-state index contributed by atoms with van der Waals surface area (Å²) in [7, 11) is 0. The van der Waals surface area contributed by atoms with Crippen LogP contribution in [0.25, 0.3) is 0 Å². The number of hydrogen-bond donors (Lipinski definition) is 2. The molecule has 3 saturated heterocycles. The zero-order chi connectivity index (χ0) is 38.9. The minimum atomic E-state index is -0.974. The van der Waals surface area contributed by atoms with Gasteiger partial charge in [-0.25, -0.2) is 4.98 Å². The predicted octanol–water partition coefficient (Wildman–Crippen LogP) is 4.23. The number of pyridine rings is 1. The van der Waals surface area contributed by atoms with Crippen molar-refractivity contribution >= 4 is 58.3 Å². The van der Waals surface area contributed by atoms with Gasteiger partial charge in [-0.1, -0.05) is 11.6 Å². The molecule has 56 heavy (non-hydrogen) atoms. The summed E-state index contributed by atoms with van der Waals surface area (Å²) < 4.78 is 6.05. The second-order valence-electron chi connectivity index (χ2n) is 15.3. The van der Waals surface area contributed by atoms with Gasteiger partial charge in [0.2, 0.25) is 17.7 Å². The molecule has 1 saturated carbocycles. The first-order valence-corrected chi connectivity index (χ1v) is 19.7. The van der Waals surface area contributed by atoms with Gasteiger partial charge in [-0.2, -0.15) is 5.26 Å². The van der Waals surface area contributed by atoms with E-state index < -0.39 is 29.7 Å². The van der Waals surface area contributed by atoms with Gasteiger partial charge in [0.25, 0.3) is 11.8 Å². The lowest BCUT2D eigenvalue weighted by Crippen LogP contribution is -2.54. The SMILES string of the molecule is N#Cc1ccc(OC2CCC(C(=O)Nc3ccc(N4CCC(CN5CCN(c6ccc7c(c6)C(=O)N(C6CCC(=O)NC6=O)C7=O)CC5)CC4)nc3)C2)cc1Cl. The van der Waals surface area contributed by atoms with Gasteiger partial charge in [0.15, 0.2) is 0 Å². The molecule has 2 N–H and O–H groups in total. The first-order chi connectivity index (χ1) is 27.1. The number of piperazine rings is 1. The number of carbonyl (C=O) groups excluding carboxylic acids is 5. The van der Waals surface area contributed by atoms with E-state index in [2.05, 4.69) is 30.3 Å². The summed E-state index contributed by atoms with van der Waals surface area (Å²) in [5.74, 6) is -0.107. The Morgan fingerprint density at radius 3 is 2.39 bits per heavy atom. The van der Waals surface area contributed by atoms with Gasteiger partial charge in [-0.15, -0.1) is 0 Å². The number of hydrogen-bond acceptors (Lipinski definition) is 11. The van der Waals surface area contributed by atoms with Crippen LogP contribution < -0.4 is 25.2 Å². The fourth-order valence-electron chi connectivity index (χ4n) is 8.58. The Balaban J connectivity index is 0.762. The average Bonchev–Trinajstić information content (AvgIpc) is 3.77. The van der Waals surface area contributed by atoms with Crippen LogP contribution >= 0.6 is 11.6 Å². The monoisotopic (exact) mass is 778 g/mol. The molecule has 3 unspecified atom stereocenters. The van der Waals surface area contributed by atoms with Crippen LogP contribution in [-0.4, -0.2) is 102 Å². The quantitative estimate of drug-likeness (QED) is 0.299. The summed E-state index contributed by atoms with van der Waals surface area (Å²) >= 11 is 6.14. The fraction of sp³-hybridized carbons (Fsp3) is 0.439.